The summed E-state index contributed by atoms with van der Waals surface area (Å²) in [4.78, 5) is 7.56. The smallest absolute Gasteiger partial charge is 0.258 e. The fourth-order valence-electron chi connectivity index (χ4n) is 1.80. The summed E-state index contributed by atoms with van der Waals surface area (Å²) in [5.41, 5.74) is 0.735. The summed E-state index contributed by atoms with van der Waals surface area (Å²) < 4.78 is 41.2. The van der Waals surface area contributed by atoms with Gasteiger partial charge in [0.2, 0.25) is 15.8 Å². The number of hydrogen-bond acceptors (Lipinski definition) is 6. The van der Waals surface area contributed by atoms with Gasteiger partial charge in [-0.05, 0) is 30.3 Å². The van der Waals surface area contributed by atoms with Crippen LogP contribution < -0.4 is 5.14 Å². The van der Waals surface area contributed by atoms with E-state index in [4.69, 9.17) is 9.66 Å². The van der Waals surface area contributed by atoms with Crippen LogP contribution in [0.1, 0.15) is 0 Å². The van der Waals surface area contributed by atoms with Gasteiger partial charge in [-0.3, -0.25) is 4.98 Å². The number of nitrogens with two attached hydrogens (primary N) is 1. The first-order valence-corrected chi connectivity index (χ1v) is 7.57. The number of benzene rings is 1. The minimum Gasteiger partial charge on any atom is -0.334 e. The van der Waals surface area contributed by atoms with Crippen molar-refractivity contribution in [3.63, 3.8) is 0 Å². The Bertz CT molecular complexity index is 925. The molecule has 0 saturated heterocycles. The van der Waals surface area contributed by atoms with Crippen molar-refractivity contribution >= 4 is 10.0 Å². The van der Waals surface area contributed by atoms with E-state index in [9.17, 15) is 12.8 Å². The average molecular weight is 320 g/mol. The Kier molecular flexibility index (Phi) is 3.43. The number of sulfonamides is 1. The summed E-state index contributed by atoms with van der Waals surface area (Å²) in [5.74, 6) is -0.704. The fourth-order valence-corrected chi connectivity index (χ4v) is 2.39. The largest absolute Gasteiger partial charge is 0.334 e. The molecule has 0 fully saturated rings. The molecule has 0 aliphatic heterocycles. The van der Waals surface area contributed by atoms with Gasteiger partial charge in [0.15, 0.2) is 0 Å². The standard InChI is InChI=1S/C13H9FN4O3S/c14-9-7-8(4-5-11(9)22(15,19)20)13-17-12(18-21-13)10-3-1-2-6-16-10/h1-7H,(H2,15,19,20). The highest BCUT2D eigenvalue weighted by Crippen LogP contribution is 2.24. The molecule has 22 heavy (non-hydrogen) atoms. The molecule has 0 radical (unpaired) electrons. The monoisotopic (exact) mass is 320 g/mol. The second-order valence-electron chi connectivity index (χ2n) is 4.33. The van der Waals surface area contributed by atoms with E-state index in [0.29, 0.717) is 5.69 Å². The Morgan fingerprint density at radius 1 is 1.18 bits per heavy atom. The first-order valence-electron chi connectivity index (χ1n) is 6.03. The second-order valence-corrected chi connectivity index (χ2v) is 5.86. The maximum absolute atomic E-state index is 13.8. The molecule has 0 bridgehead atoms. The Hall–Kier alpha value is -2.65. The number of halogens is 1. The molecule has 0 amide bonds. The van der Waals surface area contributed by atoms with Gasteiger partial charge in [0, 0.05) is 11.8 Å². The molecule has 9 heteroatoms. The molecule has 1 aromatic carbocycles. The van der Waals surface area contributed by atoms with Crippen LogP contribution in [0.3, 0.4) is 0 Å². The highest BCUT2D eigenvalue weighted by atomic mass is 32.2. The van der Waals surface area contributed by atoms with Gasteiger partial charge in [0.1, 0.15) is 16.4 Å². The molecule has 0 aliphatic rings. The van der Waals surface area contributed by atoms with Crippen LogP contribution in [0.25, 0.3) is 23.0 Å². The zero-order valence-corrected chi connectivity index (χ0v) is 11.8. The third-order valence-corrected chi connectivity index (χ3v) is 3.75. The molecule has 3 aromatic rings. The number of aromatic nitrogens is 3. The van der Waals surface area contributed by atoms with Crippen LogP contribution in [0, 0.1) is 5.82 Å². The molecule has 7 nitrogen and oxygen atoms in total. The summed E-state index contributed by atoms with van der Waals surface area (Å²) in [6.07, 6.45) is 1.58. The van der Waals surface area contributed by atoms with Gasteiger partial charge in [0.05, 0.1) is 0 Å². The van der Waals surface area contributed by atoms with Crippen molar-refractivity contribution in [3.05, 3.63) is 48.4 Å². The third kappa shape index (κ3) is 2.71. The first kappa shape index (κ1) is 14.3. The summed E-state index contributed by atoms with van der Waals surface area (Å²) in [6, 6.07) is 8.54. The van der Waals surface area contributed by atoms with Crippen molar-refractivity contribution in [3.8, 4) is 23.0 Å². The predicted molar refractivity (Wildman–Crippen MR) is 74.3 cm³/mol. The van der Waals surface area contributed by atoms with Crippen molar-refractivity contribution in [2.45, 2.75) is 4.90 Å². The zero-order chi connectivity index (χ0) is 15.7. The molecule has 0 aliphatic carbocycles. The molecule has 112 valence electrons. The lowest BCUT2D eigenvalue weighted by molar-refractivity contribution is 0.431. The lowest BCUT2D eigenvalue weighted by atomic mass is 10.2. The van der Waals surface area contributed by atoms with E-state index in [-0.39, 0.29) is 17.3 Å². The molecule has 3 rings (SSSR count). The van der Waals surface area contributed by atoms with E-state index >= 15 is 0 Å². The van der Waals surface area contributed by atoms with E-state index in [0.717, 1.165) is 12.1 Å². The SMILES string of the molecule is NS(=O)(=O)c1ccc(-c2nc(-c3ccccn3)no2)cc1F. The van der Waals surface area contributed by atoms with Crippen LogP contribution in [-0.4, -0.2) is 23.5 Å². The molecule has 2 N–H and O–H groups in total. The number of primary sulfonamides is 1. The van der Waals surface area contributed by atoms with E-state index in [1.807, 2.05) is 0 Å². The van der Waals surface area contributed by atoms with Crippen molar-refractivity contribution in [2.75, 3.05) is 0 Å². The van der Waals surface area contributed by atoms with Crippen molar-refractivity contribution in [1.29, 1.82) is 0 Å². The van der Waals surface area contributed by atoms with Crippen molar-refractivity contribution in [1.82, 2.24) is 15.1 Å². The third-order valence-electron chi connectivity index (χ3n) is 2.81. The molecule has 0 atom stereocenters. The minimum absolute atomic E-state index is 0.0422. The molecule has 0 spiro atoms. The van der Waals surface area contributed by atoms with Gasteiger partial charge in [-0.1, -0.05) is 11.2 Å². The maximum atomic E-state index is 13.8. The van der Waals surface area contributed by atoms with Gasteiger partial charge in [-0.2, -0.15) is 4.98 Å². The Labute approximate surface area is 124 Å². The Morgan fingerprint density at radius 2 is 2.00 bits per heavy atom. The van der Waals surface area contributed by atoms with E-state index in [1.165, 1.54) is 6.07 Å². The minimum atomic E-state index is -4.12. The molecule has 2 heterocycles. The Morgan fingerprint density at radius 3 is 2.64 bits per heavy atom. The van der Waals surface area contributed by atoms with Gasteiger partial charge < -0.3 is 4.52 Å². The number of pyridine rings is 1. The number of nitrogens with zero attached hydrogens (tertiary/aromatic N) is 3. The highest BCUT2D eigenvalue weighted by Gasteiger charge is 2.17. The maximum Gasteiger partial charge on any atom is 0.258 e. The normalized spacial score (nSPS) is 11.5. The zero-order valence-electron chi connectivity index (χ0n) is 11.0. The summed E-state index contributed by atoms with van der Waals surface area (Å²) in [5, 5.41) is 8.65. The lowest BCUT2D eigenvalue weighted by Gasteiger charge is -2.01. The van der Waals surface area contributed by atoms with Crippen LogP contribution in [0.2, 0.25) is 0 Å². The van der Waals surface area contributed by atoms with Gasteiger partial charge >= 0.3 is 0 Å². The fraction of sp³-hybridized carbons (Fsp3) is 0. The van der Waals surface area contributed by atoms with Gasteiger partial charge in [-0.25, -0.2) is 17.9 Å². The molecular formula is C13H9FN4O3S. The molecular weight excluding hydrogens is 311 g/mol. The van der Waals surface area contributed by atoms with E-state index in [1.54, 1.807) is 24.4 Å². The second kappa shape index (κ2) is 5.28. The topological polar surface area (TPSA) is 112 Å². The quantitative estimate of drug-likeness (QED) is 0.784. The first-order chi connectivity index (χ1) is 10.4. The lowest BCUT2D eigenvalue weighted by Crippen LogP contribution is -2.13. The molecule has 2 aromatic heterocycles. The number of hydrogen-bond donors (Lipinski definition) is 1. The summed E-state index contributed by atoms with van der Waals surface area (Å²) >= 11 is 0. The summed E-state index contributed by atoms with van der Waals surface area (Å²) in [7, 11) is -4.12. The van der Waals surface area contributed by atoms with Gasteiger partial charge in [0.25, 0.3) is 5.89 Å². The molecule has 0 saturated carbocycles. The van der Waals surface area contributed by atoms with Crippen molar-refractivity contribution < 1.29 is 17.3 Å². The van der Waals surface area contributed by atoms with Crippen LogP contribution >= 0.6 is 0 Å². The number of rotatable bonds is 3. The predicted octanol–water partition coefficient (Wildman–Crippen LogP) is 1.59. The van der Waals surface area contributed by atoms with Crippen LogP contribution in [-0.2, 0) is 10.0 Å². The van der Waals surface area contributed by atoms with Crippen LogP contribution in [0.4, 0.5) is 4.39 Å². The van der Waals surface area contributed by atoms with Gasteiger partial charge in [-0.15, -0.1) is 0 Å². The van der Waals surface area contributed by atoms with Crippen LogP contribution in [0.5, 0.6) is 0 Å². The average Bonchev–Trinajstić information content (AvgIpc) is 2.96. The van der Waals surface area contributed by atoms with E-state index < -0.39 is 20.7 Å². The van der Waals surface area contributed by atoms with E-state index in [2.05, 4.69) is 15.1 Å². The van der Waals surface area contributed by atoms with Crippen molar-refractivity contribution in [2.24, 2.45) is 5.14 Å². The molecule has 0 unspecified atom stereocenters. The highest BCUT2D eigenvalue weighted by molar-refractivity contribution is 7.89. The Balaban J connectivity index is 1.99. The van der Waals surface area contributed by atoms with Crippen LogP contribution in [0.15, 0.2) is 52.0 Å². The summed E-state index contributed by atoms with van der Waals surface area (Å²) in [6.45, 7) is 0.